The van der Waals surface area contributed by atoms with E-state index in [4.69, 9.17) is 16.5 Å². The van der Waals surface area contributed by atoms with Gasteiger partial charge in [-0.3, -0.25) is 19.2 Å². The first-order valence-corrected chi connectivity index (χ1v) is 10.0. The second-order valence-corrected chi connectivity index (χ2v) is 7.37. The summed E-state index contributed by atoms with van der Waals surface area (Å²) in [4.78, 5) is 50.9. The van der Waals surface area contributed by atoms with Gasteiger partial charge in [-0.05, 0) is 24.3 Å². The van der Waals surface area contributed by atoms with Crippen LogP contribution >= 0.6 is 11.8 Å². The highest BCUT2D eigenvalue weighted by atomic mass is 35.5. The number of para-hydroxylation sites is 1. The van der Waals surface area contributed by atoms with Crippen LogP contribution < -0.4 is 14.5 Å². The Labute approximate surface area is 188 Å². The summed E-state index contributed by atoms with van der Waals surface area (Å²) in [5, 5.41) is 2.61. The molecule has 0 bridgehead atoms. The third-order valence-electron chi connectivity index (χ3n) is 4.94. The Hall–Kier alpha value is -3.97. The van der Waals surface area contributed by atoms with Crippen LogP contribution in [0.1, 0.15) is 38.8 Å². The molecule has 160 valence electrons. The van der Waals surface area contributed by atoms with Crippen molar-refractivity contribution in [3.63, 3.8) is 0 Å². The van der Waals surface area contributed by atoms with E-state index in [1.54, 1.807) is 48.5 Å². The maximum atomic E-state index is 13.3. The largest absolute Gasteiger partial charge is 0.484 e. The van der Waals surface area contributed by atoms with Gasteiger partial charge in [0.25, 0.3) is 5.91 Å². The highest BCUT2D eigenvalue weighted by Crippen LogP contribution is 2.39. The Bertz CT molecular complexity index is 1260. The van der Waals surface area contributed by atoms with Crippen molar-refractivity contribution in [1.29, 1.82) is 0 Å². The SMILES string of the molecule is CC(=O)N(Cl)c1ccc2c(c1NC(=O)COc1ccccc1)C(=O)c1ccccc1C2=O. The number of nitrogens with zero attached hydrogens (tertiary/aromatic N) is 1. The van der Waals surface area contributed by atoms with Crippen molar-refractivity contribution in [3.05, 3.63) is 89.0 Å². The Morgan fingerprint density at radius 3 is 2.16 bits per heavy atom. The Morgan fingerprint density at radius 1 is 0.875 bits per heavy atom. The molecule has 2 amide bonds. The fourth-order valence-electron chi connectivity index (χ4n) is 3.48. The zero-order valence-corrected chi connectivity index (χ0v) is 17.7. The minimum atomic E-state index is -0.587. The maximum Gasteiger partial charge on any atom is 0.262 e. The van der Waals surface area contributed by atoms with Crippen LogP contribution in [0.15, 0.2) is 66.7 Å². The van der Waals surface area contributed by atoms with E-state index < -0.39 is 17.6 Å². The first kappa shape index (κ1) is 21.3. The predicted molar refractivity (Wildman–Crippen MR) is 119 cm³/mol. The fraction of sp³-hybridized carbons (Fsp3) is 0.0833. The lowest BCUT2D eigenvalue weighted by Gasteiger charge is -2.24. The summed E-state index contributed by atoms with van der Waals surface area (Å²) >= 11 is 6.13. The summed E-state index contributed by atoms with van der Waals surface area (Å²) in [7, 11) is 0. The highest BCUT2D eigenvalue weighted by molar-refractivity contribution is 6.39. The number of hydrogen-bond acceptors (Lipinski definition) is 5. The molecule has 1 aliphatic rings. The van der Waals surface area contributed by atoms with E-state index >= 15 is 0 Å². The molecule has 3 aromatic carbocycles. The smallest absolute Gasteiger partial charge is 0.262 e. The van der Waals surface area contributed by atoms with E-state index in [1.807, 2.05) is 6.07 Å². The number of benzene rings is 3. The summed E-state index contributed by atoms with van der Waals surface area (Å²) in [6.07, 6.45) is 0. The van der Waals surface area contributed by atoms with E-state index in [9.17, 15) is 19.2 Å². The molecule has 3 aromatic rings. The van der Waals surface area contributed by atoms with Crippen LogP contribution in [0.25, 0.3) is 0 Å². The number of hydrogen-bond donors (Lipinski definition) is 1. The number of ketones is 2. The van der Waals surface area contributed by atoms with E-state index in [1.165, 1.54) is 19.1 Å². The molecule has 8 heteroatoms. The van der Waals surface area contributed by atoms with Crippen molar-refractivity contribution in [1.82, 2.24) is 0 Å². The lowest BCUT2D eigenvalue weighted by Crippen LogP contribution is -2.28. The second kappa shape index (κ2) is 8.64. The van der Waals surface area contributed by atoms with Crippen LogP contribution in [0.3, 0.4) is 0 Å². The minimum absolute atomic E-state index is 0.0221. The van der Waals surface area contributed by atoms with E-state index in [0.717, 1.165) is 4.42 Å². The number of amides is 2. The van der Waals surface area contributed by atoms with E-state index in [-0.39, 0.29) is 46.0 Å². The molecule has 1 N–H and O–H groups in total. The number of carbonyl (C=O) groups is 4. The summed E-state index contributed by atoms with van der Waals surface area (Å²) in [5.41, 5.74) is 0.629. The molecule has 0 heterocycles. The predicted octanol–water partition coefficient (Wildman–Crippen LogP) is 3.99. The van der Waals surface area contributed by atoms with Crippen molar-refractivity contribution >= 4 is 46.5 Å². The van der Waals surface area contributed by atoms with Crippen molar-refractivity contribution < 1.29 is 23.9 Å². The average molecular weight is 449 g/mol. The van der Waals surface area contributed by atoms with Crippen molar-refractivity contribution in [2.75, 3.05) is 16.3 Å². The average Bonchev–Trinajstić information content (AvgIpc) is 2.81. The van der Waals surface area contributed by atoms with Gasteiger partial charge in [0.15, 0.2) is 18.2 Å². The lowest BCUT2D eigenvalue weighted by atomic mass is 9.83. The molecule has 0 spiro atoms. The molecule has 0 aliphatic heterocycles. The van der Waals surface area contributed by atoms with Crippen molar-refractivity contribution in [2.24, 2.45) is 0 Å². The van der Waals surface area contributed by atoms with Gasteiger partial charge in [0.2, 0.25) is 5.91 Å². The maximum absolute atomic E-state index is 13.3. The summed E-state index contributed by atoms with van der Waals surface area (Å²) in [6.45, 7) is 0.882. The zero-order valence-electron chi connectivity index (χ0n) is 16.9. The number of anilines is 2. The first-order chi connectivity index (χ1) is 15.4. The number of carbonyl (C=O) groups excluding carboxylic acids is 4. The van der Waals surface area contributed by atoms with Gasteiger partial charge < -0.3 is 10.1 Å². The van der Waals surface area contributed by atoms with E-state index in [0.29, 0.717) is 5.75 Å². The van der Waals surface area contributed by atoms with Gasteiger partial charge in [0, 0.05) is 35.4 Å². The minimum Gasteiger partial charge on any atom is -0.484 e. The van der Waals surface area contributed by atoms with Crippen LogP contribution in [-0.2, 0) is 9.59 Å². The first-order valence-electron chi connectivity index (χ1n) is 9.68. The molecule has 0 unspecified atom stereocenters. The number of nitrogens with one attached hydrogen (secondary N) is 1. The highest BCUT2D eigenvalue weighted by Gasteiger charge is 2.34. The molecule has 0 atom stereocenters. The monoisotopic (exact) mass is 448 g/mol. The van der Waals surface area contributed by atoms with Gasteiger partial charge >= 0.3 is 0 Å². The van der Waals surface area contributed by atoms with Gasteiger partial charge in [-0.1, -0.05) is 42.5 Å². The molecular formula is C24H17ClN2O5. The quantitative estimate of drug-likeness (QED) is 0.466. The van der Waals surface area contributed by atoms with Gasteiger partial charge in [0.05, 0.1) is 16.9 Å². The Balaban J connectivity index is 1.75. The Morgan fingerprint density at radius 2 is 1.50 bits per heavy atom. The number of halogens is 1. The molecule has 1 aliphatic carbocycles. The summed E-state index contributed by atoms with van der Waals surface area (Å²) in [5.74, 6) is -1.44. The number of ether oxygens (including phenoxy) is 1. The molecule has 0 aromatic heterocycles. The van der Waals surface area contributed by atoms with Crippen molar-refractivity contribution in [2.45, 2.75) is 6.92 Å². The van der Waals surface area contributed by atoms with E-state index in [2.05, 4.69) is 5.32 Å². The van der Waals surface area contributed by atoms with Gasteiger partial charge in [-0.2, -0.15) is 0 Å². The molecule has 0 saturated heterocycles. The topological polar surface area (TPSA) is 92.8 Å². The summed E-state index contributed by atoms with van der Waals surface area (Å²) < 4.78 is 6.24. The Kier molecular flexibility index (Phi) is 5.75. The lowest BCUT2D eigenvalue weighted by molar-refractivity contribution is -0.118. The third kappa shape index (κ3) is 3.86. The second-order valence-electron chi connectivity index (χ2n) is 7.04. The van der Waals surface area contributed by atoms with Crippen LogP contribution in [0.5, 0.6) is 5.75 Å². The standard InChI is InChI=1S/C24H17ClN2O5/c1-14(28)27(25)19-12-11-18-21(24(31)17-10-6-5-9-16(17)23(18)30)22(19)26-20(29)13-32-15-7-3-2-4-8-15/h2-12H,13H2,1H3,(H,26,29). The van der Waals surface area contributed by atoms with Crippen LogP contribution in [0.2, 0.25) is 0 Å². The zero-order chi connectivity index (χ0) is 22.8. The molecule has 0 radical (unpaired) electrons. The molecular weight excluding hydrogens is 432 g/mol. The number of rotatable bonds is 5. The van der Waals surface area contributed by atoms with Gasteiger partial charge in [-0.15, -0.1) is 0 Å². The number of fused-ring (bicyclic) bond motifs is 2. The van der Waals surface area contributed by atoms with Crippen molar-refractivity contribution in [3.8, 4) is 5.75 Å². The van der Waals surface area contributed by atoms with Gasteiger partial charge in [0.1, 0.15) is 5.75 Å². The molecule has 4 rings (SSSR count). The van der Waals surface area contributed by atoms with Crippen LogP contribution in [-0.4, -0.2) is 30.0 Å². The fourth-order valence-corrected chi connectivity index (χ4v) is 3.62. The third-order valence-corrected chi connectivity index (χ3v) is 5.36. The normalized spacial score (nSPS) is 11.9. The molecule has 0 saturated carbocycles. The molecule has 32 heavy (non-hydrogen) atoms. The summed E-state index contributed by atoms with van der Waals surface area (Å²) in [6, 6.07) is 18.0. The van der Waals surface area contributed by atoms with Crippen LogP contribution in [0.4, 0.5) is 11.4 Å². The van der Waals surface area contributed by atoms with Gasteiger partial charge in [-0.25, -0.2) is 4.42 Å². The molecule has 0 fully saturated rings. The molecule has 7 nitrogen and oxygen atoms in total. The van der Waals surface area contributed by atoms with Crippen LogP contribution in [0, 0.1) is 0 Å².